The number of thioether (sulfide) groups is 1. The highest BCUT2D eigenvalue weighted by molar-refractivity contribution is 8.02. The van der Waals surface area contributed by atoms with Crippen LogP contribution in [-0.4, -0.2) is 23.7 Å². The minimum Gasteiger partial charge on any atom is -0.367 e. The first-order valence-electron chi connectivity index (χ1n) is 5.87. The van der Waals surface area contributed by atoms with Gasteiger partial charge in [0.1, 0.15) is 0 Å². The summed E-state index contributed by atoms with van der Waals surface area (Å²) >= 11 is 1.97. The molecule has 14 heavy (non-hydrogen) atoms. The molecular weight excluding hydrogens is 190 g/mol. The van der Waals surface area contributed by atoms with Crippen LogP contribution in [0.1, 0.15) is 47.0 Å². The number of hydrogen-bond acceptors (Lipinski definition) is 2. The lowest BCUT2D eigenvalue weighted by Gasteiger charge is -2.23. The third kappa shape index (κ3) is 5.58. The van der Waals surface area contributed by atoms with Gasteiger partial charge in [0.05, 0.1) is 5.03 Å². The van der Waals surface area contributed by atoms with Crippen molar-refractivity contribution >= 4 is 11.8 Å². The van der Waals surface area contributed by atoms with E-state index in [-0.39, 0.29) is 0 Å². The quantitative estimate of drug-likeness (QED) is 0.561. The number of rotatable bonds is 8. The van der Waals surface area contributed by atoms with Gasteiger partial charge in [-0.3, -0.25) is 0 Å². The summed E-state index contributed by atoms with van der Waals surface area (Å²) in [4.78, 5) is 2.45. The molecule has 84 valence electrons. The average molecular weight is 215 g/mol. The lowest BCUT2D eigenvalue weighted by molar-refractivity contribution is 0.407. The summed E-state index contributed by atoms with van der Waals surface area (Å²) in [6.07, 6.45) is 6.24. The molecule has 2 heteroatoms. The van der Waals surface area contributed by atoms with Crippen molar-refractivity contribution in [3.8, 4) is 0 Å². The van der Waals surface area contributed by atoms with Crippen LogP contribution in [0, 0.1) is 0 Å². The Morgan fingerprint density at radius 2 is 1.79 bits per heavy atom. The summed E-state index contributed by atoms with van der Waals surface area (Å²) in [5.41, 5.74) is 0. The minimum absolute atomic E-state index is 1.13. The largest absolute Gasteiger partial charge is 0.367 e. The normalized spacial score (nSPS) is 11.9. The maximum absolute atomic E-state index is 2.45. The summed E-state index contributed by atoms with van der Waals surface area (Å²) in [5, 5.41) is 1.48. The second-order valence-corrected chi connectivity index (χ2v) is 4.57. The number of unbranched alkanes of at least 4 members (excludes halogenated alkanes) is 2. The fraction of sp³-hybridized carbons (Fsp3) is 0.833. The Labute approximate surface area is 93.9 Å². The Hall–Kier alpha value is -0.110. The van der Waals surface area contributed by atoms with Gasteiger partial charge in [0.25, 0.3) is 0 Å². The van der Waals surface area contributed by atoms with Gasteiger partial charge in [-0.05, 0) is 32.4 Å². The molecule has 0 aromatic carbocycles. The molecule has 0 aliphatic rings. The van der Waals surface area contributed by atoms with Gasteiger partial charge in [-0.25, -0.2) is 0 Å². The summed E-state index contributed by atoms with van der Waals surface area (Å²) in [6.45, 7) is 11.2. The van der Waals surface area contributed by atoms with Crippen molar-refractivity contribution in [2.24, 2.45) is 0 Å². The molecule has 0 aromatic heterocycles. The molecule has 0 aliphatic carbocycles. The highest BCUT2D eigenvalue weighted by Gasteiger charge is 2.03. The second-order valence-electron chi connectivity index (χ2n) is 3.29. The first-order valence-corrected chi connectivity index (χ1v) is 6.86. The van der Waals surface area contributed by atoms with Crippen LogP contribution in [0.25, 0.3) is 0 Å². The van der Waals surface area contributed by atoms with E-state index in [0.717, 1.165) is 13.1 Å². The first kappa shape index (κ1) is 13.9. The van der Waals surface area contributed by atoms with E-state index in [1.165, 1.54) is 30.0 Å². The van der Waals surface area contributed by atoms with Gasteiger partial charge in [0, 0.05) is 13.1 Å². The molecule has 0 spiro atoms. The fourth-order valence-electron chi connectivity index (χ4n) is 1.39. The molecule has 0 amide bonds. The van der Waals surface area contributed by atoms with Crippen LogP contribution in [-0.2, 0) is 0 Å². The van der Waals surface area contributed by atoms with Crippen molar-refractivity contribution in [2.75, 3.05) is 18.8 Å². The van der Waals surface area contributed by atoms with E-state index >= 15 is 0 Å². The second kappa shape index (κ2) is 9.45. The zero-order valence-electron chi connectivity index (χ0n) is 10.2. The summed E-state index contributed by atoms with van der Waals surface area (Å²) in [6, 6.07) is 0. The van der Waals surface area contributed by atoms with Crippen LogP contribution in [0.3, 0.4) is 0 Å². The van der Waals surface area contributed by atoms with Crippen molar-refractivity contribution < 1.29 is 0 Å². The molecular formula is C12H25NS. The predicted molar refractivity (Wildman–Crippen MR) is 68.7 cm³/mol. The Balaban J connectivity index is 4.16. The smallest absolute Gasteiger partial charge is 0.0666 e. The first-order chi connectivity index (χ1) is 6.79. The Morgan fingerprint density at radius 3 is 2.21 bits per heavy atom. The molecule has 0 heterocycles. The van der Waals surface area contributed by atoms with Gasteiger partial charge in [-0.2, -0.15) is 0 Å². The van der Waals surface area contributed by atoms with Gasteiger partial charge in [-0.15, -0.1) is 11.8 Å². The zero-order valence-corrected chi connectivity index (χ0v) is 11.0. The third-order valence-electron chi connectivity index (χ3n) is 2.24. The maximum atomic E-state index is 2.45. The topological polar surface area (TPSA) is 3.24 Å². The van der Waals surface area contributed by atoms with E-state index < -0.39 is 0 Å². The molecule has 0 saturated carbocycles. The molecule has 0 aromatic rings. The SMILES string of the molecule is CCCC/C=C(/SCC)N(CC)CC. The highest BCUT2D eigenvalue weighted by Crippen LogP contribution is 2.20. The van der Waals surface area contributed by atoms with Crippen LogP contribution in [0.4, 0.5) is 0 Å². The molecule has 0 unspecified atom stereocenters. The minimum atomic E-state index is 1.13. The Kier molecular flexibility index (Phi) is 9.37. The Bertz CT molecular complexity index is 150. The van der Waals surface area contributed by atoms with Crippen LogP contribution in [0.2, 0.25) is 0 Å². The van der Waals surface area contributed by atoms with Crippen molar-refractivity contribution in [3.63, 3.8) is 0 Å². The van der Waals surface area contributed by atoms with E-state index in [1.807, 2.05) is 11.8 Å². The van der Waals surface area contributed by atoms with E-state index in [4.69, 9.17) is 0 Å². The molecule has 0 rings (SSSR count). The monoisotopic (exact) mass is 215 g/mol. The van der Waals surface area contributed by atoms with Crippen LogP contribution in [0.5, 0.6) is 0 Å². The van der Waals surface area contributed by atoms with Crippen LogP contribution >= 0.6 is 11.8 Å². The number of hydrogen-bond donors (Lipinski definition) is 0. The average Bonchev–Trinajstić information content (AvgIpc) is 2.20. The lowest BCUT2D eigenvalue weighted by atomic mass is 10.2. The van der Waals surface area contributed by atoms with E-state index in [9.17, 15) is 0 Å². The third-order valence-corrected chi connectivity index (χ3v) is 3.25. The molecule has 0 N–H and O–H groups in total. The standard InChI is InChI=1S/C12H25NS/c1-5-9-10-11-12(14-8-4)13(6-2)7-3/h11H,5-10H2,1-4H3/b12-11+. The lowest BCUT2D eigenvalue weighted by Crippen LogP contribution is -2.20. The molecule has 1 nitrogen and oxygen atoms in total. The Morgan fingerprint density at radius 1 is 1.14 bits per heavy atom. The zero-order chi connectivity index (χ0) is 10.8. The maximum Gasteiger partial charge on any atom is 0.0666 e. The van der Waals surface area contributed by atoms with Crippen LogP contribution in [0.15, 0.2) is 11.1 Å². The van der Waals surface area contributed by atoms with Gasteiger partial charge in [0.15, 0.2) is 0 Å². The number of allylic oxidation sites excluding steroid dienone is 1. The highest BCUT2D eigenvalue weighted by atomic mass is 32.2. The molecule has 0 saturated heterocycles. The van der Waals surface area contributed by atoms with Crippen molar-refractivity contribution in [1.82, 2.24) is 4.90 Å². The van der Waals surface area contributed by atoms with Crippen LogP contribution < -0.4 is 0 Å². The van der Waals surface area contributed by atoms with Crippen molar-refractivity contribution in [3.05, 3.63) is 11.1 Å². The van der Waals surface area contributed by atoms with Crippen molar-refractivity contribution in [1.29, 1.82) is 0 Å². The van der Waals surface area contributed by atoms with Gasteiger partial charge in [-0.1, -0.05) is 26.3 Å². The number of nitrogens with zero attached hydrogens (tertiary/aromatic N) is 1. The summed E-state index contributed by atoms with van der Waals surface area (Å²) in [7, 11) is 0. The van der Waals surface area contributed by atoms with Gasteiger partial charge >= 0.3 is 0 Å². The van der Waals surface area contributed by atoms with E-state index in [1.54, 1.807) is 0 Å². The van der Waals surface area contributed by atoms with E-state index in [2.05, 4.69) is 38.7 Å². The summed E-state index contributed by atoms with van der Waals surface area (Å²) < 4.78 is 0. The molecule has 0 aliphatic heterocycles. The molecule has 0 fully saturated rings. The fourth-order valence-corrected chi connectivity index (χ4v) is 2.36. The van der Waals surface area contributed by atoms with E-state index in [0.29, 0.717) is 0 Å². The van der Waals surface area contributed by atoms with Crippen molar-refractivity contribution in [2.45, 2.75) is 47.0 Å². The molecule has 0 bridgehead atoms. The molecule has 0 atom stereocenters. The van der Waals surface area contributed by atoms with Gasteiger partial charge in [0.2, 0.25) is 0 Å². The molecule has 0 radical (unpaired) electrons. The predicted octanol–water partition coefficient (Wildman–Crippen LogP) is 4.11. The van der Waals surface area contributed by atoms with Gasteiger partial charge < -0.3 is 4.90 Å². The summed E-state index contributed by atoms with van der Waals surface area (Å²) in [5.74, 6) is 1.18.